The van der Waals surface area contributed by atoms with Gasteiger partial charge in [0.25, 0.3) is 0 Å². The highest BCUT2D eigenvalue weighted by Crippen LogP contribution is 2.30. The van der Waals surface area contributed by atoms with E-state index >= 15 is 0 Å². The predicted octanol–water partition coefficient (Wildman–Crippen LogP) is 4.01. The van der Waals surface area contributed by atoms with Gasteiger partial charge in [-0.1, -0.05) is 32.9 Å². The van der Waals surface area contributed by atoms with Gasteiger partial charge >= 0.3 is 0 Å². The standard InChI is InChI=1S/C13H19N/c1-6-14-12-9-7-8-11(10(12)2)13(3,4)5/h6-9H,1-5H3. The smallest absolute Gasteiger partial charge is 0.0657 e. The van der Waals surface area contributed by atoms with Crippen molar-refractivity contribution in [2.45, 2.75) is 40.0 Å². The van der Waals surface area contributed by atoms with Crippen LogP contribution in [0.3, 0.4) is 0 Å². The summed E-state index contributed by atoms with van der Waals surface area (Å²) in [4.78, 5) is 4.36. The summed E-state index contributed by atoms with van der Waals surface area (Å²) in [5, 5.41) is 0. The van der Waals surface area contributed by atoms with Crippen molar-refractivity contribution in [1.82, 2.24) is 0 Å². The topological polar surface area (TPSA) is 12.4 Å². The first-order chi connectivity index (χ1) is 6.46. The molecule has 0 aromatic heterocycles. The van der Waals surface area contributed by atoms with Gasteiger partial charge in [-0.05, 0) is 36.5 Å². The Kier molecular flexibility index (Phi) is 3.10. The average molecular weight is 189 g/mol. The lowest BCUT2D eigenvalue weighted by Crippen LogP contribution is -2.12. The van der Waals surface area contributed by atoms with Crippen LogP contribution in [0.15, 0.2) is 23.2 Å². The molecule has 0 atom stereocenters. The Labute approximate surface area is 86.9 Å². The maximum Gasteiger partial charge on any atom is 0.0657 e. The van der Waals surface area contributed by atoms with E-state index in [0.29, 0.717) is 0 Å². The second kappa shape index (κ2) is 3.95. The molecule has 0 aliphatic carbocycles. The summed E-state index contributed by atoms with van der Waals surface area (Å²) in [6.45, 7) is 10.8. The molecule has 1 nitrogen and oxygen atoms in total. The average Bonchev–Trinajstić information content (AvgIpc) is 2.07. The first-order valence-corrected chi connectivity index (χ1v) is 5.05. The first-order valence-electron chi connectivity index (χ1n) is 5.05. The molecule has 1 aromatic rings. The van der Waals surface area contributed by atoms with Crippen LogP contribution in [0.1, 0.15) is 38.8 Å². The van der Waals surface area contributed by atoms with Crippen molar-refractivity contribution in [2.24, 2.45) is 4.99 Å². The molecule has 0 saturated carbocycles. The van der Waals surface area contributed by atoms with Gasteiger partial charge < -0.3 is 0 Å². The monoisotopic (exact) mass is 189 g/mol. The van der Waals surface area contributed by atoms with Crippen LogP contribution in [0.5, 0.6) is 0 Å². The Bertz CT molecular complexity index is 343. The molecule has 0 fully saturated rings. The van der Waals surface area contributed by atoms with Crippen molar-refractivity contribution in [2.75, 3.05) is 0 Å². The van der Waals surface area contributed by atoms with Crippen LogP contribution < -0.4 is 0 Å². The van der Waals surface area contributed by atoms with Crippen LogP contribution in [0.4, 0.5) is 5.69 Å². The van der Waals surface area contributed by atoms with Crippen molar-refractivity contribution in [1.29, 1.82) is 0 Å². The van der Waals surface area contributed by atoms with E-state index in [4.69, 9.17) is 0 Å². The summed E-state index contributed by atoms with van der Waals surface area (Å²) in [5.74, 6) is 0. The summed E-state index contributed by atoms with van der Waals surface area (Å²) in [6, 6.07) is 6.32. The molecule has 0 heterocycles. The molecule has 1 heteroatoms. The largest absolute Gasteiger partial charge is 0.261 e. The molecule has 76 valence electrons. The van der Waals surface area contributed by atoms with Gasteiger partial charge in [0.2, 0.25) is 0 Å². The molecule has 0 spiro atoms. The molecular formula is C13H19N. The first kappa shape index (κ1) is 11.0. The van der Waals surface area contributed by atoms with E-state index in [1.807, 2.05) is 13.1 Å². The van der Waals surface area contributed by atoms with E-state index in [-0.39, 0.29) is 5.41 Å². The molecule has 14 heavy (non-hydrogen) atoms. The van der Waals surface area contributed by atoms with Gasteiger partial charge in [-0.3, -0.25) is 4.99 Å². The molecule has 0 unspecified atom stereocenters. The number of hydrogen-bond acceptors (Lipinski definition) is 1. The fraction of sp³-hybridized carbons (Fsp3) is 0.462. The molecule has 0 aliphatic rings. The van der Waals surface area contributed by atoms with E-state index in [0.717, 1.165) is 5.69 Å². The summed E-state index contributed by atoms with van der Waals surface area (Å²) < 4.78 is 0. The Morgan fingerprint density at radius 1 is 1.21 bits per heavy atom. The normalized spacial score (nSPS) is 12.4. The quantitative estimate of drug-likeness (QED) is 0.592. The number of aliphatic imine (C=N–C) groups is 1. The minimum Gasteiger partial charge on any atom is -0.261 e. The third-order valence-electron chi connectivity index (χ3n) is 2.38. The van der Waals surface area contributed by atoms with Gasteiger partial charge in [-0.25, -0.2) is 0 Å². The molecule has 0 saturated heterocycles. The van der Waals surface area contributed by atoms with E-state index in [9.17, 15) is 0 Å². The molecule has 0 aliphatic heterocycles. The van der Waals surface area contributed by atoms with Crippen molar-refractivity contribution >= 4 is 11.9 Å². The van der Waals surface area contributed by atoms with Crippen LogP contribution in [-0.4, -0.2) is 6.21 Å². The predicted molar refractivity (Wildman–Crippen MR) is 63.7 cm³/mol. The van der Waals surface area contributed by atoms with Crippen LogP contribution in [0.25, 0.3) is 0 Å². The Morgan fingerprint density at radius 2 is 1.86 bits per heavy atom. The lowest BCUT2D eigenvalue weighted by atomic mass is 9.84. The summed E-state index contributed by atoms with van der Waals surface area (Å²) in [7, 11) is 0. The minimum absolute atomic E-state index is 0.198. The van der Waals surface area contributed by atoms with Gasteiger partial charge in [0.05, 0.1) is 5.69 Å². The van der Waals surface area contributed by atoms with Crippen LogP contribution in [0, 0.1) is 6.92 Å². The lowest BCUT2D eigenvalue weighted by molar-refractivity contribution is 0.586. The van der Waals surface area contributed by atoms with E-state index < -0.39 is 0 Å². The van der Waals surface area contributed by atoms with E-state index in [1.165, 1.54) is 11.1 Å². The molecule has 0 radical (unpaired) electrons. The van der Waals surface area contributed by atoms with Crippen molar-refractivity contribution < 1.29 is 0 Å². The van der Waals surface area contributed by atoms with Gasteiger partial charge in [0.15, 0.2) is 0 Å². The Hall–Kier alpha value is -1.11. The maximum absolute atomic E-state index is 4.36. The van der Waals surface area contributed by atoms with Gasteiger partial charge in [0.1, 0.15) is 0 Å². The highest BCUT2D eigenvalue weighted by molar-refractivity contribution is 5.63. The second-order valence-electron chi connectivity index (χ2n) is 4.59. The van der Waals surface area contributed by atoms with Gasteiger partial charge in [0, 0.05) is 6.21 Å². The van der Waals surface area contributed by atoms with Crippen molar-refractivity contribution in [3.8, 4) is 0 Å². The van der Waals surface area contributed by atoms with Gasteiger partial charge in [-0.2, -0.15) is 0 Å². The molecule has 0 bridgehead atoms. The highest BCUT2D eigenvalue weighted by Gasteiger charge is 2.16. The maximum atomic E-state index is 4.36. The summed E-state index contributed by atoms with van der Waals surface area (Å²) in [6.07, 6.45) is 1.84. The molecular weight excluding hydrogens is 170 g/mol. The zero-order chi connectivity index (χ0) is 10.8. The molecule has 1 rings (SSSR count). The minimum atomic E-state index is 0.198. The zero-order valence-corrected chi connectivity index (χ0v) is 9.76. The van der Waals surface area contributed by atoms with E-state index in [1.54, 1.807) is 0 Å². The third-order valence-corrected chi connectivity index (χ3v) is 2.38. The highest BCUT2D eigenvalue weighted by atomic mass is 14.7. The number of nitrogens with zero attached hydrogens (tertiary/aromatic N) is 1. The Morgan fingerprint density at radius 3 is 2.36 bits per heavy atom. The Balaban J connectivity index is 3.28. The van der Waals surface area contributed by atoms with Crippen LogP contribution in [-0.2, 0) is 5.41 Å². The van der Waals surface area contributed by atoms with Gasteiger partial charge in [-0.15, -0.1) is 0 Å². The molecule has 0 N–H and O–H groups in total. The SMILES string of the molecule is CC=Nc1cccc(C(C)(C)C)c1C. The molecule has 0 amide bonds. The summed E-state index contributed by atoms with van der Waals surface area (Å²) >= 11 is 0. The third kappa shape index (κ3) is 2.22. The van der Waals surface area contributed by atoms with E-state index in [2.05, 4.69) is 50.9 Å². The second-order valence-corrected chi connectivity index (χ2v) is 4.59. The molecule has 1 aromatic carbocycles. The van der Waals surface area contributed by atoms with Crippen LogP contribution >= 0.6 is 0 Å². The zero-order valence-electron chi connectivity index (χ0n) is 9.76. The number of rotatable bonds is 1. The van der Waals surface area contributed by atoms with Crippen molar-refractivity contribution in [3.05, 3.63) is 29.3 Å². The lowest BCUT2D eigenvalue weighted by Gasteiger charge is -2.22. The number of hydrogen-bond donors (Lipinski definition) is 0. The fourth-order valence-corrected chi connectivity index (χ4v) is 1.71. The fourth-order valence-electron chi connectivity index (χ4n) is 1.71. The van der Waals surface area contributed by atoms with Crippen LogP contribution in [0.2, 0.25) is 0 Å². The van der Waals surface area contributed by atoms with Crippen molar-refractivity contribution in [3.63, 3.8) is 0 Å². The summed E-state index contributed by atoms with van der Waals surface area (Å²) in [5.41, 5.74) is 3.95. The number of benzene rings is 1.